The highest BCUT2D eigenvalue weighted by Gasteiger charge is 2.10. The molecule has 0 aliphatic rings. The molecule has 172 valence electrons. The summed E-state index contributed by atoms with van der Waals surface area (Å²) in [5.41, 5.74) is 4.46. The van der Waals surface area contributed by atoms with Crippen LogP contribution in [0.2, 0.25) is 0 Å². The Balaban J connectivity index is 1.55. The number of methoxy groups -OCH3 is 1. The van der Waals surface area contributed by atoms with Crippen LogP contribution < -0.4 is 4.74 Å². The molecule has 3 nitrogen and oxygen atoms in total. The zero-order valence-electron chi connectivity index (χ0n) is 20.0. The van der Waals surface area contributed by atoms with E-state index in [4.69, 9.17) is 9.47 Å². The number of likely N-dealkylation sites (N-methyl/N-ethyl adjacent to an activating group) is 1. The number of benzene rings is 2. The Hall–Kier alpha value is -2.84. The molecular weight excluding hydrogens is 426 g/mol. The number of hydrogen-bond acceptors (Lipinski definition) is 4. The van der Waals surface area contributed by atoms with Crippen molar-refractivity contribution in [3.8, 4) is 28.7 Å². The predicted molar refractivity (Wildman–Crippen MR) is 139 cm³/mol. The van der Waals surface area contributed by atoms with Gasteiger partial charge in [0.2, 0.25) is 0 Å². The molecule has 2 aromatic carbocycles. The first kappa shape index (κ1) is 24.8. The fourth-order valence-electron chi connectivity index (χ4n) is 3.27. The van der Waals surface area contributed by atoms with Crippen LogP contribution >= 0.6 is 11.3 Å². The Labute approximate surface area is 202 Å². The summed E-state index contributed by atoms with van der Waals surface area (Å²) < 4.78 is 11.4. The van der Waals surface area contributed by atoms with Gasteiger partial charge in [-0.15, -0.1) is 0 Å². The van der Waals surface area contributed by atoms with Crippen molar-refractivity contribution < 1.29 is 9.47 Å². The molecule has 0 aliphatic carbocycles. The minimum atomic E-state index is -0.414. The second-order valence-corrected chi connectivity index (χ2v) is 9.14. The van der Waals surface area contributed by atoms with Crippen LogP contribution in [-0.2, 0) is 17.9 Å². The minimum Gasteiger partial charge on any atom is -0.489 e. The van der Waals surface area contributed by atoms with Crippen LogP contribution in [0, 0.1) is 11.8 Å². The number of thiophene rings is 1. The van der Waals surface area contributed by atoms with Gasteiger partial charge in [0.25, 0.3) is 0 Å². The SMILES string of the molecule is CCN(CC=CC#CC(C)(C)OC)Cc1cccc(COc2cccc(-c3ccsc3)c2)c1. The fraction of sp³-hybridized carbons (Fsp3) is 0.310. The van der Waals surface area contributed by atoms with Crippen molar-refractivity contribution in [2.75, 3.05) is 20.2 Å². The summed E-state index contributed by atoms with van der Waals surface area (Å²) in [6.45, 7) is 9.37. The molecule has 0 amide bonds. The lowest BCUT2D eigenvalue weighted by atomic mass is 10.1. The number of ether oxygens (including phenoxy) is 2. The van der Waals surface area contributed by atoms with Crippen molar-refractivity contribution in [2.24, 2.45) is 0 Å². The molecule has 1 heterocycles. The zero-order chi connectivity index (χ0) is 23.5. The van der Waals surface area contributed by atoms with Crippen molar-refractivity contribution in [1.82, 2.24) is 4.90 Å². The van der Waals surface area contributed by atoms with Crippen LogP contribution in [0.3, 0.4) is 0 Å². The maximum absolute atomic E-state index is 6.10. The summed E-state index contributed by atoms with van der Waals surface area (Å²) in [6.07, 6.45) is 4.02. The number of nitrogens with zero attached hydrogens (tertiary/aromatic N) is 1. The lowest BCUT2D eigenvalue weighted by Crippen LogP contribution is -2.23. The van der Waals surface area contributed by atoms with Crippen molar-refractivity contribution in [3.05, 3.63) is 88.6 Å². The van der Waals surface area contributed by atoms with Crippen LogP contribution in [-0.4, -0.2) is 30.7 Å². The van der Waals surface area contributed by atoms with Crippen LogP contribution in [0.4, 0.5) is 0 Å². The second kappa shape index (κ2) is 12.4. The Morgan fingerprint density at radius 3 is 2.61 bits per heavy atom. The van der Waals surface area contributed by atoms with Gasteiger partial charge in [-0.3, -0.25) is 4.90 Å². The van der Waals surface area contributed by atoms with Gasteiger partial charge in [0.05, 0.1) is 0 Å². The number of allylic oxidation sites excluding steroid dienone is 1. The molecular formula is C29H33NO2S. The summed E-state index contributed by atoms with van der Waals surface area (Å²) in [4.78, 5) is 2.38. The van der Waals surface area contributed by atoms with E-state index in [9.17, 15) is 0 Å². The summed E-state index contributed by atoms with van der Waals surface area (Å²) in [5.74, 6) is 7.07. The molecule has 0 aliphatic heterocycles. The van der Waals surface area contributed by atoms with Gasteiger partial charge in [-0.05, 0) is 77.7 Å². The topological polar surface area (TPSA) is 21.7 Å². The molecule has 0 atom stereocenters. The summed E-state index contributed by atoms with van der Waals surface area (Å²) in [6, 6.07) is 19.1. The lowest BCUT2D eigenvalue weighted by molar-refractivity contribution is 0.0742. The van der Waals surface area contributed by atoms with Gasteiger partial charge >= 0.3 is 0 Å². The first-order valence-electron chi connectivity index (χ1n) is 11.3. The zero-order valence-corrected chi connectivity index (χ0v) is 20.8. The molecule has 0 spiro atoms. The third kappa shape index (κ3) is 8.22. The van der Waals surface area contributed by atoms with Crippen LogP contribution in [0.1, 0.15) is 31.9 Å². The molecule has 0 bridgehead atoms. The highest BCUT2D eigenvalue weighted by molar-refractivity contribution is 7.08. The molecule has 4 heteroatoms. The summed E-state index contributed by atoms with van der Waals surface area (Å²) in [7, 11) is 1.68. The standard InChI is InChI=1S/C29H33NO2S/c1-5-30(17-8-6-7-16-29(2,3)31-4)21-24-11-9-12-25(19-24)22-32-28-14-10-13-26(20-28)27-15-18-33-23-27/h6,8-15,18-20,23H,5,17,21-22H2,1-4H3. The van der Waals surface area contributed by atoms with Gasteiger partial charge in [0.1, 0.15) is 18.0 Å². The van der Waals surface area contributed by atoms with Crippen molar-refractivity contribution in [1.29, 1.82) is 0 Å². The molecule has 3 aromatic rings. The Morgan fingerprint density at radius 2 is 1.85 bits per heavy atom. The van der Waals surface area contributed by atoms with Gasteiger partial charge < -0.3 is 9.47 Å². The molecule has 0 saturated heterocycles. The molecule has 0 unspecified atom stereocenters. The predicted octanol–water partition coefficient (Wildman–Crippen LogP) is 6.80. The van der Waals surface area contributed by atoms with Crippen LogP contribution in [0.15, 0.2) is 77.5 Å². The van der Waals surface area contributed by atoms with E-state index in [0.717, 1.165) is 25.4 Å². The minimum absolute atomic E-state index is 0.414. The molecule has 0 radical (unpaired) electrons. The monoisotopic (exact) mass is 459 g/mol. The maximum Gasteiger partial charge on any atom is 0.123 e. The van der Waals surface area contributed by atoms with Crippen molar-refractivity contribution >= 4 is 11.3 Å². The van der Waals surface area contributed by atoms with E-state index in [0.29, 0.717) is 6.61 Å². The molecule has 3 rings (SSSR count). The average molecular weight is 460 g/mol. The largest absolute Gasteiger partial charge is 0.489 e. The third-order valence-corrected chi connectivity index (χ3v) is 6.07. The van der Waals surface area contributed by atoms with Crippen molar-refractivity contribution in [3.63, 3.8) is 0 Å². The molecule has 0 saturated carbocycles. The Kier molecular flexibility index (Phi) is 9.33. The van der Waals surface area contributed by atoms with E-state index >= 15 is 0 Å². The van der Waals surface area contributed by atoms with Gasteiger partial charge in [-0.2, -0.15) is 11.3 Å². The van der Waals surface area contributed by atoms with E-state index < -0.39 is 5.60 Å². The Morgan fingerprint density at radius 1 is 1.03 bits per heavy atom. The quantitative estimate of drug-likeness (QED) is 0.311. The third-order valence-electron chi connectivity index (χ3n) is 5.39. The fourth-order valence-corrected chi connectivity index (χ4v) is 3.93. The molecule has 33 heavy (non-hydrogen) atoms. The highest BCUT2D eigenvalue weighted by atomic mass is 32.1. The first-order valence-corrected chi connectivity index (χ1v) is 12.2. The smallest absolute Gasteiger partial charge is 0.123 e. The highest BCUT2D eigenvalue weighted by Crippen LogP contribution is 2.26. The van der Waals surface area contributed by atoms with Gasteiger partial charge in [-0.1, -0.05) is 61.2 Å². The maximum atomic E-state index is 6.10. The summed E-state index contributed by atoms with van der Waals surface area (Å²) in [5, 5.41) is 4.25. The van der Waals surface area contributed by atoms with Gasteiger partial charge in [0, 0.05) is 20.2 Å². The van der Waals surface area contributed by atoms with Crippen molar-refractivity contribution in [2.45, 2.75) is 39.5 Å². The van der Waals surface area contributed by atoms with E-state index in [1.165, 1.54) is 22.3 Å². The first-order chi connectivity index (χ1) is 16.0. The van der Waals surface area contributed by atoms with Crippen LogP contribution in [0.25, 0.3) is 11.1 Å². The Bertz CT molecular complexity index is 1090. The van der Waals surface area contributed by atoms with Crippen LogP contribution in [0.5, 0.6) is 5.75 Å². The molecule has 0 fully saturated rings. The van der Waals surface area contributed by atoms with E-state index in [2.05, 4.69) is 83.0 Å². The van der Waals surface area contributed by atoms with E-state index in [-0.39, 0.29) is 0 Å². The summed E-state index contributed by atoms with van der Waals surface area (Å²) >= 11 is 1.71. The van der Waals surface area contributed by atoms with Gasteiger partial charge in [0.15, 0.2) is 0 Å². The molecule has 1 aromatic heterocycles. The molecule has 0 N–H and O–H groups in total. The lowest BCUT2D eigenvalue weighted by Gasteiger charge is -2.19. The van der Waals surface area contributed by atoms with E-state index in [1.807, 2.05) is 32.1 Å². The van der Waals surface area contributed by atoms with E-state index in [1.54, 1.807) is 18.4 Å². The normalized spacial score (nSPS) is 11.5. The average Bonchev–Trinajstić information content (AvgIpc) is 3.37. The number of rotatable bonds is 10. The second-order valence-electron chi connectivity index (χ2n) is 8.36. The number of hydrogen-bond donors (Lipinski definition) is 0. The van der Waals surface area contributed by atoms with Gasteiger partial charge in [-0.25, -0.2) is 0 Å².